The molecular formula is C22H30ClN3O. The molecule has 2 aromatic carbocycles. The molecule has 1 fully saturated rings. The lowest BCUT2D eigenvalue weighted by atomic mass is 9.94. The van der Waals surface area contributed by atoms with Gasteiger partial charge in [-0.25, -0.2) is 0 Å². The zero-order valence-corrected chi connectivity index (χ0v) is 16.7. The van der Waals surface area contributed by atoms with E-state index in [2.05, 4.69) is 41.8 Å². The number of benzene rings is 2. The standard InChI is InChI=1S/C22H29N3O.ClH/c1-17(19-7-3-2-4-8-19)25-22(13-5-6-14-22)16-24-21(26)20-11-9-18(15-23)10-12-20;/h2-4,7-12,17,25H,5-6,13-16,23H2,1H3,(H,24,26);1H. The smallest absolute Gasteiger partial charge is 0.251 e. The first-order valence-electron chi connectivity index (χ1n) is 9.52. The van der Waals surface area contributed by atoms with Crippen LogP contribution in [-0.2, 0) is 6.54 Å². The number of amides is 1. The third-order valence-corrected chi connectivity index (χ3v) is 5.42. The van der Waals surface area contributed by atoms with Gasteiger partial charge in [-0.2, -0.15) is 0 Å². The van der Waals surface area contributed by atoms with Gasteiger partial charge in [0.2, 0.25) is 0 Å². The van der Waals surface area contributed by atoms with E-state index in [4.69, 9.17) is 5.73 Å². The molecule has 2 aromatic rings. The summed E-state index contributed by atoms with van der Waals surface area (Å²) in [6.07, 6.45) is 4.60. The van der Waals surface area contributed by atoms with E-state index >= 15 is 0 Å². The lowest BCUT2D eigenvalue weighted by molar-refractivity contribution is 0.0936. The van der Waals surface area contributed by atoms with Crippen molar-refractivity contribution in [3.8, 4) is 0 Å². The van der Waals surface area contributed by atoms with E-state index in [0.717, 1.165) is 18.4 Å². The van der Waals surface area contributed by atoms with Gasteiger partial charge in [-0.15, -0.1) is 12.4 Å². The molecule has 146 valence electrons. The number of nitrogens with one attached hydrogen (secondary N) is 2. The van der Waals surface area contributed by atoms with Gasteiger partial charge in [-0.05, 0) is 43.0 Å². The van der Waals surface area contributed by atoms with Gasteiger partial charge in [0.1, 0.15) is 0 Å². The molecule has 1 saturated carbocycles. The van der Waals surface area contributed by atoms with Crippen molar-refractivity contribution in [3.63, 3.8) is 0 Å². The van der Waals surface area contributed by atoms with Gasteiger partial charge < -0.3 is 16.4 Å². The summed E-state index contributed by atoms with van der Waals surface area (Å²) < 4.78 is 0. The predicted octanol–water partition coefficient (Wildman–Crippen LogP) is 3.96. The van der Waals surface area contributed by atoms with Crippen molar-refractivity contribution in [2.24, 2.45) is 5.73 Å². The first kappa shape index (κ1) is 21.4. The number of carbonyl (C=O) groups excluding carboxylic acids is 1. The fourth-order valence-electron chi connectivity index (χ4n) is 3.85. The average molecular weight is 388 g/mol. The Kier molecular flexibility index (Phi) is 7.84. The van der Waals surface area contributed by atoms with Crippen LogP contribution in [0, 0.1) is 0 Å². The fraction of sp³-hybridized carbons (Fsp3) is 0.409. The molecule has 0 bridgehead atoms. The molecule has 1 atom stereocenters. The van der Waals surface area contributed by atoms with Crippen LogP contribution in [0.3, 0.4) is 0 Å². The van der Waals surface area contributed by atoms with E-state index in [1.807, 2.05) is 30.3 Å². The molecule has 5 heteroatoms. The number of carbonyl (C=O) groups is 1. The molecule has 1 amide bonds. The largest absolute Gasteiger partial charge is 0.350 e. The molecule has 1 unspecified atom stereocenters. The predicted molar refractivity (Wildman–Crippen MR) is 113 cm³/mol. The summed E-state index contributed by atoms with van der Waals surface area (Å²) in [5.41, 5.74) is 8.60. The lowest BCUT2D eigenvalue weighted by Gasteiger charge is -2.34. The second-order valence-electron chi connectivity index (χ2n) is 7.35. The van der Waals surface area contributed by atoms with Gasteiger partial charge in [0.25, 0.3) is 5.91 Å². The highest BCUT2D eigenvalue weighted by molar-refractivity contribution is 5.94. The minimum absolute atomic E-state index is 0. The highest BCUT2D eigenvalue weighted by Crippen LogP contribution is 2.32. The van der Waals surface area contributed by atoms with Crippen molar-refractivity contribution in [3.05, 3.63) is 71.3 Å². The second-order valence-corrected chi connectivity index (χ2v) is 7.35. The Morgan fingerprint density at radius 2 is 1.70 bits per heavy atom. The topological polar surface area (TPSA) is 67.1 Å². The van der Waals surface area contributed by atoms with E-state index in [0.29, 0.717) is 18.7 Å². The first-order valence-corrected chi connectivity index (χ1v) is 9.52. The molecule has 4 N–H and O–H groups in total. The molecule has 3 rings (SSSR count). The Morgan fingerprint density at radius 1 is 1.07 bits per heavy atom. The number of hydrogen-bond acceptors (Lipinski definition) is 3. The molecule has 0 aliphatic heterocycles. The Morgan fingerprint density at radius 3 is 2.30 bits per heavy atom. The zero-order valence-electron chi connectivity index (χ0n) is 15.9. The molecule has 27 heavy (non-hydrogen) atoms. The van der Waals surface area contributed by atoms with Crippen LogP contribution < -0.4 is 16.4 Å². The number of rotatable bonds is 7. The van der Waals surface area contributed by atoms with Gasteiger partial charge in [0, 0.05) is 30.2 Å². The molecular weight excluding hydrogens is 358 g/mol. The van der Waals surface area contributed by atoms with Crippen LogP contribution in [0.1, 0.15) is 60.1 Å². The van der Waals surface area contributed by atoms with Crippen LogP contribution in [0.5, 0.6) is 0 Å². The van der Waals surface area contributed by atoms with Crippen LogP contribution >= 0.6 is 12.4 Å². The zero-order chi connectivity index (χ0) is 18.4. The Balaban J connectivity index is 0.00000261. The fourth-order valence-corrected chi connectivity index (χ4v) is 3.85. The third-order valence-electron chi connectivity index (χ3n) is 5.42. The van der Waals surface area contributed by atoms with E-state index in [1.165, 1.54) is 18.4 Å². The van der Waals surface area contributed by atoms with E-state index in [-0.39, 0.29) is 29.9 Å². The van der Waals surface area contributed by atoms with Gasteiger partial charge in [-0.3, -0.25) is 4.79 Å². The summed E-state index contributed by atoms with van der Waals surface area (Å²) in [7, 11) is 0. The van der Waals surface area contributed by atoms with Gasteiger partial charge in [0.15, 0.2) is 0 Å². The van der Waals surface area contributed by atoms with Crippen molar-refractivity contribution in [2.45, 2.75) is 50.7 Å². The summed E-state index contributed by atoms with van der Waals surface area (Å²) in [4.78, 5) is 12.5. The molecule has 0 heterocycles. The maximum Gasteiger partial charge on any atom is 0.251 e. The van der Waals surface area contributed by atoms with Gasteiger partial charge in [0.05, 0.1) is 0 Å². The first-order chi connectivity index (χ1) is 12.6. The average Bonchev–Trinajstić information content (AvgIpc) is 3.15. The van der Waals surface area contributed by atoms with Crippen molar-refractivity contribution in [1.82, 2.24) is 10.6 Å². The molecule has 0 radical (unpaired) electrons. The summed E-state index contributed by atoms with van der Waals surface area (Å²) in [5, 5.41) is 6.95. The molecule has 4 nitrogen and oxygen atoms in total. The quantitative estimate of drug-likeness (QED) is 0.673. The van der Waals surface area contributed by atoms with Crippen molar-refractivity contribution < 1.29 is 4.79 Å². The normalized spacial score (nSPS) is 16.4. The van der Waals surface area contributed by atoms with Crippen molar-refractivity contribution in [2.75, 3.05) is 6.54 Å². The summed E-state index contributed by atoms with van der Waals surface area (Å²) >= 11 is 0. The van der Waals surface area contributed by atoms with E-state index in [9.17, 15) is 4.79 Å². The molecule has 0 saturated heterocycles. The Bertz CT molecular complexity index is 712. The summed E-state index contributed by atoms with van der Waals surface area (Å²) in [6, 6.07) is 18.3. The monoisotopic (exact) mass is 387 g/mol. The van der Waals surface area contributed by atoms with E-state index < -0.39 is 0 Å². The van der Waals surface area contributed by atoms with E-state index in [1.54, 1.807) is 0 Å². The highest BCUT2D eigenvalue weighted by atomic mass is 35.5. The number of halogens is 1. The lowest BCUT2D eigenvalue weighted by Crippen LogP contribution is -2.52. The molecule has 1 aliphatic carbocycles. The molecule has 0 aromatic heterocycles. The minimum atomic E-state index is -0.0257. The van der Waals surface area contributed by atoms with Crippen molar-refractivity contribution in [1.29, 1.82) is 0 Å². The Labute approximate surface area is 168 Å². The highest BCUT2D eigenvalue weighted by Gasteiger charge is 2.35. The summed E-state index contributed by atoms with van der Waals surface area (Å²) in [6.45, 7) is 3.34. The third kappa shape index (κ3) is 5.55. The Hall–Kier alpha value is -1.88. The number of nitrogens with two attached hydrogens (primary N) is 1. The maximum absolute atomic E-state index is 12.5. The van der Waals surface area contributed by atoms with Crippen LogP contribution in [0.2, 0.25) is 0 Å². The number of hydrogen-bond donors (Lipinski definition) is 3. The van der Waals surface area contributed by atoms with Crippen LogP contribution in [0.4, 0.5) is 0 Å². The molecule has 1 aliphatic rings. The maximum atomic E-state index is 12.5. The van der Waals surface area contributed by atoms with Crippen molar-refractivity contribution >= 4 is 18.3 Å². The second kappa shape index (κ2) is 9.88. The summed E-state index contributed by atoms with van der Waals surface area (Å²) in [5.74, 6) is -0.0194. The van der Waals surface area contributed by atoms with Crippen LogP contribution in [0.25, 0.3) is 0 Å². The SMILES string of the molecule is CC(NC1(CNC(=O)c2ccc(CN)cc2)CCCC1)c1ccccc1.Cl. The molecule has 0 spiro atoms. The van der Waals surface area contributed by atoms with Crippen LogP contribution in [0.15, 0.2) is 54.6 Å². The van der Waals surface area contributed by atoms with Gasteiger partial charge in [-0.1, -0.05) is 55.3 Å². The minimum Gasteiger partial charge on any atom is -0.350 e. The van der Waals surface area contributed by atoms with Gasteiger partial charge >= 0.3 is 0 Å². The van der Waals surface area contributed by atoms with Crippen LogP contribution in [-0.4, -0.2) is 18.0 Å².